The van der Waals surface area contributed by atoms with Crippen molar-refractivity contribution in [2.45, 2.75) is 26.7 Å². The molecule has 166 valence electrons. The van der Waals surface area contributed by atoms with Crippen LogP contribution in [0.1, 0.15) is 22.4 Å². The van der Waals surface area contributed by atoms with E-state index in [1.807, 2.05) is 73.7 Å². The lowest BCUT2D eigenvalue weighted by molar-refractivity contribution is 0.105. The van der Waals surface area contributed by atoms with Crippen molar-refractivity contribution in [3.63, 3.8) is 0 Å². The summed E-state index contributed by atoms with van der Waals surface area (Å²) in [5, 5.41) is 10.5. The van der Waals surface area contributed by atoms with E-state index in [-0.39, 0.29) is 6.61 Å². The largest absolute Gasteiger partial charge is 0.487 e. The second-order valence-electron chi connectivity index (χ2n) is 7.58. The number of aryl methyl sites for hydroxylation is 1. The summed E-state index contributed by atoms with van der Waals surface area (Å²) in [5.74, 6) is 1.39. The van der Waals surface area contributed by atoms with Gasteiger partial charge < -0.3 is 14.2 Å². The lowest BCUT2D eigenvalue weighted by atomic mass is 10.1. The maximum atomic E-state index is 8.83. The van der Waals surface area contributed by atoms with Crippen molar-refractivity contribution in [2.24, 2.45) is 0 Å². The Kier molecular flexibility index (Phi) is 7.41. The Balaban J connectivity index is 1.36. The van der Waals surface area contributed by atoms with Gasteiger partial charge in [-0.3, -0.25) is 0 Å². The molecule has 0 spiro atoms. The highest BCUT2D eigenvalue weighted by atomic mass is 35.5. The summed E-state index contributed by atoms with van der Waals surface area (Å²) in [4.78, 5) is 4.65. The summed E-state index contributed by atoms with van der Waals surface area (Å²) in [5.41, 5.74) is 4.49. The highest BCUT2D eigenvalue weighted by Gasteiger charge is 2.10. The van der Waals surface area contributed by atoms with Gasteiger partial charge in [0.15, 0.2) is 6.61 Å². The number of benzene rings is 3. The zero-order chi connectivity index (χ0) is 23.0. The van der Waals surface area contributed by atoms with E-state index in [1.165, 1.54) is 0 Å². The molecule has 1 aromatic heterocycles. The first-order chi connectivity index (χ1) is 16.1. The average molecular weight is 459 g/mol. The van der Waals surface area contributed by atoms with Crippen LogP contribution >= 0.6 is 11.6 Å². The molecule has 0 amide bonds. The number of aromatic nitrogens is 1. The maximum absolute atomic E-state index is 8.83. The minimum atomic E-state index is -0.0269. The molecule has 0 saturated heterocycles. The first-order valence-electron chi connectivity index (χ1n) is 10.6. The highest BCUT2D eigenvalue weighted by Crippen LogP contribution is 2.29. The Morgan fingerprint density at radius 3 is 2.67 bits per heavy atom. The number of pyridine rings is 1. The molecule has 4 rings (SSSR count). The van der Waals surface area contributed by atoms with Gasteiger partial charge >= 0.3 is 0 Å². The van der Waals surface area contributed by atoms with Crippen LogP contribution in [-0.2, 0) is 24.6 Å². The van der Waals surface area contributed by atoms with Gasteiger partial charge in [0, 0.05) is 16.0 Å². The number of rotatable bonds is 9. The molecule has 0 N–H and O–H groups in total. The number of nitrogens with zero attached hydrogens (tertiary/aromatic N) is 2. The van der Waals surface area contributed by atoms with Gasteiger partial charge in [0.2, 0.25) is 0 Å². The summed E-state index contributed by atoms with van der Waals surface area (Å²) in [6.45, 7) is 2.97. The minimum absolute atomic E-state index is 0.0269. The summed E-state index contributed by atoms with van der Waals surface area (Å²) >= 11 is 6.19. The zero-order valence-electron chi connectivity index (χ0n) is 18.3. The Bertz CT molecular complexity index is 1300. The second kappa shape index (κ2) is 10.8. The molecule has 0 aliphatic rings. The Hall–Kier alpha value is -3.59. The molecular weight excluding hydrogens is 436 g/mol. The van der Waals surface area contributed by atoms with E-state index in [9.17, 15) is 0 Å². The molecule has 0 atom stereocenters. The minimum Gasteiger partial charge on any atom is -0.487 e. The molecule has 4 aromatic rings. The normalized spacial score (nSPS) is 10.7. The molecule has 0 unspecified atom stereocenters. The van der Waals surface area contributed by atoms with Crippen LogP contribution in [0.5, 0.6) is 11.5 Å². The van der Waals surface area contributed by atoms with E-state index in [2.05, 4.69) is 11.1 Å². The molecule has 6 heteroatoms. The Labute approximate surface area is 198 Å². The van der Waals surface area contributed by atoms with Crippen molar-refractivity contribution in [1.29, 1.82) is 5.26 Å². The van der Waals surface area contributed by atoms with E-state index in [4.69, 9.17) is 31.1 Å². The first-order valence-corrected chi connectivity index (χ1v) is 10.9. The summed E-state index contributed by atoms with van der Waals surface area (Å²) in [7, 11) is 0. The van der Waals surface area contributed by atoms with Crippen LogP contribution < -0.4 is 9.47 Å². The van der Waals surface area contributed by atoms with E-state index in [0.29, 0.717) is 30.6 Å². The van der Waals surface area contributed by atoms with Crippen molar-refractivity contribution in [3.8, 4) is 17.6 Å². The molecule has 0 bridgehead atoms. The van der Waals surface area contributed by atoms with Gasteiger partial charge in [-0.1, -0.05) is 48.0 Å². The van der Waals surface area contributed by atoms with E-state index < -0.39 is 0 Å². The smallest absolute Gasteiger partial charge is 0.174 e. The quantitative estimate of drug-likeness (QED) is 0.290. The van der Waals surface area contributed by atoms with E-state index >= 15 is 0 Å². The van der Waals surface area contributed by atoms with Crippen molar-refractivity contribution < 1.29 is 14.2 Å². The average Bonchev–Trinajstić information content (AvgIpc) is 2.82. The summed E-state index contributed by atoms with van der Waals surface area (Å²) < 4.78 is 17.4. The monoisotopic (exact) mass is 458 g/mol. The fourth-order valence-electron chi connectivity index (χ4n) is 3.57. The molecule has 1 heterocycles. The predicted octanol–water partition coefficient (Wildman–Crippen LogP) is 6.39. The summed E-state index contributed by atoms with van der Waals surface area (Å²) in [6, 6.07) is 25.4. The second-order valence-corrected chi connectivity index (χ2v) is 8.02. The van der Waals surface area contributed by atoms with E-state index in [0.717, 1.165) is 39.0 Å². The van der Waals surface area contributed by atoms with Crippen LogP contribution in [0.2, 0.25) is 5.02 Å². The van der Waals surface area contributed by atoms with Crippen LogP contribution in [0.15, 0.2) is 72.8 Å². The number of hydrogen-bond acceptors (Lipinski definition) is 5. The number of para-hydroxylation sites is 1. The van der Waals surface area contributed by atoms with Crippen molar-refractivity contribution in [1.82, 2.24) is 4.98 Å². The number of ether oxygens (including phenoxy) is 3. The van der Waals surface area contributed by atoms with E-state index in [1.54, 1.807) is 6.07 Å². The third kappa shape index (κ3) is 6.01. The molecule has 0 fully saturated rings. The standard InChI is InChI=1S/C27H23ClN2O3/c1-19-13-23(28)15-22(27(19)32-12-11-29)17-31-16-20-5-4-7-25(14-20)33-18-24-10-9-21-6-2-3-8-26(21)30-24/h2-10,13-15H,12,16-18H2,1H3. The van der Waals surface area contributed by atoms with Crippen LogP contribution in [0.3, 0.4) is 0 Å². The predicted molar refractivity (Wildman–Crippen MR) is 128 cm³/mol. The third-order valence-electron chi connectivity index (χ3n) is 5.06. The molecule has 0 aliphatic heterocycles. The molecular formula is C27H23ClN2O3. The molecule has 0 radical (unpaired) electrons. The van der Waals surface area contributed by atoms with Gasteiger partial charge in [-0.25, -0.2) is 4.98 Å². The maximum Gasteiger partial charge on any atom is 0.174 e. The molecule has 3 aromatic carbocycles. The highest BCUT2D eigenvalue weighted by molar-refractivity contribution is 6.30. The third-order valence-corrected chi connectivity index (χ3v) is 5.28. The van der Waals surface area contributed by atoms with Crippen molar-refractivity contribution >= 4 is 22.5 Å². The summed E-state index contributed by atoms with van der Waals surface area (Å²) in [6.07, 6.45) is 0. The first kappa shape index (κ1) is 22.6. The van der Waals surface area contributed by atoms with Crippen LogP contribution in [-0.4, -0.2) is 11.6 Å². The van der Waals surface area contributed by atoms with Crippen LogP contribution in [0, 0.1) is 18.3 Å². The lowest BCUT2D eigenvalue weighted by Gasteiger charge is -2.14. The molecule has 5 nitrogen and oxygen atoms in total. The number of nitriles is 1. The number of hydrogen-bond donors (Lipinski definition) is 0. The SMILES string of the molecule is Cc1cc(Cl)cc(COCc2cccc(OCc3ccc4ccccc4n3)c2)c1OCC#N. The van der Waals surface area contributed by atoms with Gasteiger partial charge in [0.25, 0.3) is 0 Å². The number of fused-ring (bicyclic) bond motifs is 1. The molecule has 0 aliphatic carbocycles. The molecule has 0 saturated carbocycles. The Morgan fingerprint density at radius 2 is 1.79 bits per heavy atom. The van der Waals surface area contributed by atoms with Gasteiger partial charge in [-0.2, -0.15) is 5.26 Å². The van der Waals surface area contributed by atoms with Crippen molar-refractivity contribution in [2.75, 3.05) is 6.61 Å². The fraction of sp³-hybridized carbons (Fsp3) is 0.185. The number of halogens is 1. The van der Waals surface area contributed by atoms with Gasteiger partial charge in [-0.05, 0) is 54.4 Å². The Morgan fingerprint density at radius 1 is 0.909 bits per heavy atom. The fourth-order valence-corrected chi connectivity index (χ4v) is 3.86. The lowest BCUT2D eigenvalue weighted by Crippen LogP contribution is -2.03. The topological polar surface area (TPSA) is 64.4 Å². The van der Waals surface area contributed by atoms with Crippen molar-refractivity contribution in [3.05, 3.63) is 100 Å². The van der Waals surface area contributed by atoms with Crippen LogP contribution in [0.25, 0.3) is 10.9 Å². The molecule has 33 heavy (non-hydrogen) atoms. The zero-order valence-corrected chi connectivity index (χ0v) is 19.0. The van der Waals surface area contributed by atoms with Crippen LogP contribution in [0.4, 0.5) is 0 Å². The van der Waals surface area contributed by atoms with Gasteiger partial charge in [0.1, 0.15) is 24.2 Å². The van der Waals surface area contributed by atoms with Gasteiger partial charge in [-0.15, -0.1) is 0 Å². The van der Waals surface area contributed by atoms with Gasteiger partial charge in [0.05, 0.1) is 24.4 Å².